The predicted octanol–water partition coefficient (Wildman–Crippen LogP) is 4.25. The molecule has 2 heterocycles. The summed E-state index contributed by atoms with van der Waals surface area (Å²) in [4.78, 5) is 17.6. The van der Waals surface area contributed by atoms with E-state index in [0.29, 0.717) is 12.4 Å². The first-order valence-electron chi connectivity index (χ1n) is 10.0. The molecule has 2 unspecified atom stereocenters. The Labute approximate surface area is 174 Å². The zero-order valence-electron chi connectivity index (χ0n) is 16.7. The number of Topliss-reactive ketones (excluding diaryl/α,β-unsaturated/α-hetero) is 1. The van der Waals surface area contributed by atoms with Crippen molar-refractivity contribution in [1.29, 1.82) is 0 Å². The van der Waals surface area contributed by atoms with Crippen molar-refractivity contribution in [2.45, 2.75) is 18.9 Å². The van der Waals surface area contributed by atoms with E-state index in [9.17, 15) is 4.79 Å². The highest BCUT2D eigenvalue weighted by Gasteiger charge is 2.38. The highest BCUT2D eigenvalue weighted by atomic mass is 16.5. The molecule has 2 aliphatic rings. The monoisotopic (exact) mass is 398 g/mol. The molecule has 5 rings (SSSR count). The predicted molar refractivity (Wildman–Crippen MR) is 115 cm³/mol. The van der Waals surface area contributed by atoms with E-state index in [1.807, 2.05) is 42.5 Å². The van der Waals surface area contributed by atoms with Crippen LogP contribution in [0.5, 0.6) is 5.75 Å². The van der Waals surface area contributed by atoms with Crippen molar-refractivity contribution < 1.29 is 9.53 Å². The number of nitrogens with zero attached hydrogens (tertiary/aromatic N) is 3. The molecule has 0 amide bonds. The number of ether oxygens (including phenoxy) is 1. The summed E-state index contributed by atoms with van der Waals surface area (Å²) >= 11 is 0. The Hall–Kier alpha value is -3.67. The number of aromatic nitrogens is 3. The third-order valence-electron chi connectivity index (χ3n) is 5.69. The number of methoxy groups -OCH3 is 1. The Balaban J connectivity index is 1.49. The van der Waals surface area contributed by atoms with E-state index < -0.39 is 0 Å². The average Bonchev–Trinajstić information content (AvgIpc) is 3.25. The second kappa shape index (κ2) is 7.63. The van der Waals surface area contributed by atoms with Crippen LogP contribution < -0.4 is 10.1 Å². The van der Waals surface area contributed by atoms with Crippen molar-refractivity contribution in [1.82, 2.24) is 14.8 Å². The molecule has 0 saturated carbocycles. The molecule has 6 heteroatoms. The number of ketones is 1. The van der Waals surface area contributed by atoms with Gasteiger partial charge in [-0.05, 0) is 35.6 Å². The molecule has 3 aromatic rings. The quantitative estimate of drug-likeness (QED) is 0.712. The van der Waals surface area contributed by atoms with Gasteiger partial charge in [-0.2, -0.15) is 10.1 Å². The number of anilines is 1. The van der Waals surface area contributed by atoms with Gasteiger partial charge in [0, 0.05) is 17.7 Å². The molecular weight excluding hydrogens is 376 g/mol. The molecule has 0 bridgehead atoms. The zero-order valence-corrected chi connectivity index (χ0v) is 16.7. The normalized spacial score (nSPS) is 20.6. The molecule has 30 heavy (non-hydrogen) atoms. The Kier molecular flexibility index (Phi) is 4.67. The number of hydrogen-bond acceptors (Lipinski definition) is 5. The highest BCUT2D eigenvalue weighted by molar-refractivity contribution is 5.99. The largest absolute Gasteiger partial charge is 0.497 e. The number of allylic oxidation sites excluding steroid dienone is 3. The van der Waals surface area contributed by atoms with Crippen molar-refractivity contribution in [3.05, 3.63) is 89.4 Å². The van der Waals surface area contributed by atoms with Gasteiger partial charge < -0.3 is 10.1 Å². The summed E-state index contributed by atoms with van der Waals surface area (Å²) in [6, 6.07) is 17.7. The van der Waals surface area contributed by atoms with Crippen LogP contribution in [0, 0.1) is 5.92 Å². The molecule has 1 aromatic heterocycles. The SMILES string of the molecule is COc1ccc(C2C3=C(CC(/C=C/c4ccccc4)CC3=O)Nc3ncnn32)cc1. The van der Waals surface area contributed by atoms with Crippen LogP contribution in [0.1, 0.15) is 30.0 Å². The van der Waals surface area contributed by atoms with Crippen LogP contribution in [-0.4, -0.2) is 27.7 Å². The van der Waals surface area contributed by atoms with E-state index >= 15 is 0 Å². The Morgan fingerprint density at radius 2 is 1.90 bits per heavy atom. The lowest BCUT2D eigenvalue weighted by molar-refractivity contribution is -0.117. The summed E-state index contributed by atoms with van der Waals surface area (Å²) in [7, 11) is 1.64. The summed E-state index contributed by atoms with van der Waals surface area (Å²) in [5, 5.41) is 7.74. The first-order chi connectivity index (χ1) is 14.7. The van der Waals surface area contributed by atoms with Crippen LogP contribution in [0.4, 0.5) is 5.95 Å². The van der Waals surface area contributed by atoms with Gasteiger partial charge in [0.1, 0.15) is 18.1 Å². The molecule has 1 N–H and O–H groups in total. The highest BCUT2D eigenvalue weighted by Crippen LogP contribution is 2.41. The third kappa shape index (κ3) is 3.30. The van der Waals surface area contributed by atoms with Gasteiger partial charge in [0.05, 0.1) is 7.11 Å². The van der Waals surface area contributed by atoms with Crippen molar-refractivity contribution in [3.63, 3.8) is 0 Å². The molecule has 0 radical (unpaired) electrons. The second-order valence-corrected chi connectivity index (χ2v) is 7.58. The number of benzene rings is 2. The van der Waals surface area contributed by atoms with Crippen molar-refractivity contribution in [2.75, 3.05) is 12.4 Å². The van der Waals surface area contributed by atoms with E-state index in [1.165, 1.54) is 6.33 Å². The van der Waals surface area contributed by atoms with Gasteiger partial charge >= 0.3 is 0 Å². The number of hydrogen-bond donors (Lipinski definition) is 1. The van der Waals surface area contributed by atoms with Gasteiger partial charge in [-0.15, -0.1) is 0 Å². The fraction of sp³-hybridized carbons (Fsp3) is 0.208. The molecule has 0 saturated heterocycles. The van der Waals surface area contributed by atoms with Gasteiger partial charge in [0.25, 0.3) is 0 Å². The fourth-order valence-electron chi connectivity index (χ4n) is 4.22. The molecule has 2 aromatic carbocycles. The first kappa shape index (κ1) is 18.4. The van der Waals surface area contributed by atoms with Crippen LogP contribution in [0.2, 0.25) is 0 Å². The summed E-state index contributed by atoms with van der Waals surface area (Å²) in [6.07, 6.45) is 7.01. The summed E-state index contributed by atoms with van der Waals surface area (Å²) in [5.41, 5.74) is 3.85. The second-order valence-electron chi connectivity index (χ2n) is 7.58. The molecule has 0 spiro atoms. The van der Waals surface area contributed by atoms with E-state index in [2.05, 4.69) is 39.7 Å². The van der Waals surface area contributed by atoms with Crippen molar-refractivity contribution in [2.24, 2.45) is 5.92 Å². The molecule has 2 atom stereocenters. The summed E-state index contributed by atoms with van der Waals surface area (Å²) in [6.45, 7) is 0. The van der Waals surface area contributed by atoms with Crippen molar-refractivity contribution >= 4 is 17.8 Å². The molecule has 6 nitrogen and oxygen atoms in total. The van der Waals surface area contributed by atoms with E-state index in [-0.39, 0.29) is 17.7 Å². The Morgan fingerprint density at radius 3 is 2.67 bits per heavy atom. The number of fused-ring (bicyclic) bond motifs is 1. The number of carbonyl (C=O) groups excluding carboxylic acids is 1. The van der Waals surface area contributed by atoms with Crippen LogP contribution in [0.15, 0.2) is 78.3 Å². The standard InChI is InChI=1S/C24H22N4O2/c1-30-19-11-9-18(10-12-19)23-22-20(27-24-25-15-26-28(23)24)13-17(14-21(22)29)8-7-16-5-3-2-4-6-16/h2-12,15,17,23H,13-14H2,1H3,(H,25,26,27)/b8-7+. The lowest BCUT2D eigenvalue weighted by atomic mass is 9.80. The Morgan fingerprint density at radius 1 is 1.10 bits per heavy atom. The number of carbonyl (C=O) groups is 1. The minimum Gasteiger partial charge on any atom is -0.497 e. The van der Waals surface area contributed by atoms with Crippen molar-refractivity contribution in [3.8, 4) is 5.75 Å². The number of rotatable bonds is 4. The van der Waals surface area contributed by atoms with E-state index in [1.54, 1.807) is 11.8 Å². The maximum atomic E-state index is 13.3. The average molecular weight is 398 g/mol. The number of nitrogens with one attached hydrogen (secondary N) is 1. The van der Waals surface area contributed by atoms with Gasteiger partial charge in [-0.3, -0.25) is 4.79 Å². The van der Waals surface area contributed by atoms with Crippen LogP contribution in [-0.2, 0) is 4.79 Å². The van der Waals surface area contributed by atoms with Gasteiger partial charge in [0.2, 0.25) is 5.95 Å². The molecule has 150 valence electrons. The minimum absolute atomic E-state index is 0.147. The topological polar surface area (TPSA) is 69.0 Å². The molecule has 1 aliphatic heterocycles. The summed E-state index contributed by atoms with van der Waals surface area (Å²) < 4.78 is 7.07. The van der Waals surface area contributed by atoms with Gasteiger partial charge in [-0.1, -0.05) is 54.6 Å². The first-order valence-corrected chi connectivity index (χ1v) is 10.0. The molecular formula is C24H22N4O2. The van der Waals surface area contributed by atoms with Gasteiger partial charge in [0.15, 0.2) is 5.78 Å². The Bertz CT molecular complexity index is 1130. The van der Waals surface area contributed by atoms with E-state index in [0.717, 1.165) is 34.6 Å². The fourth-order valence-corrected chi connectivity index (χ4v) is 4.22. The maximum absolute atomic E-state index is 13.3. The maximum Gasteiger partial charge on any atom is 0.226 e. The van der Waals surface area contributed by atoms with Crippen LogP contribution in [0.25, 0.3) is 6.08 Å². The summed E-state index contributed by atoms with van der Waals surface area (Å²) in [5.74, 6) is 1.74. The lowest BCUT2D eigenvalue weighted by Gasteiger charge is -2.34. The van der Waals surface area contributed by atoms with Crippen LogP contribution >= 0.6 is 0 Å². The minimum atomic E-state index is -0.281. The molecule has 0 fully saturated rings. The molecule has 1 aliphatic carbocycles. The third-order valence-corrected chi connectivity index (χ3v) is 5.69. The zero-order chi connectivity index (χ0) is 20.5. The van der Waals surface area contributed by atoms with E-state index in [4.69, 9.17) is 4.74 Å². The van der Waals surface area contributed by atoms with Gasteiger partial charge in [-0.25, -0.2) is 4.68 Å². The smallest absolute Gasteiger partial charge is 0.226 e. The lowest BCUT2D eigenvalue weighted by Crippen LogP contribution is -2.33. The van der Waals surface area contributed by atoms with Crippen LogP contribution in [0.3, 0.4) is 0 Å².